The molecule has 0 fully saturated rings. The monoisotopic (exact) mass is 781 g/mol. The Kier molecular flexibility index (Phi) is 9.70. The summed E-state index contributed by atoms with van der Waals surface area (Å²) in [7, 11) is 0. The number of aliphatic hydroxyl groups is 1. The van der Waals surface area contributed by atoms with E-state index < -0.39 is 0 Å². The predicted octanol–water partition coefficient (Wildman–Crippen LogP) is 11.0. The van der Waals surface area contributed by atoms with Crippen LogP contribution in [0.5, 0.6) is 0 Å². The number of thiophene rings is 1. The molecule has 0 aliphatic rings. The van der Waals surface area contributed by atoms with Crippen molar-refractivity contribution in [2.24, 2.45) is 0 Å². The molecule has 6 aromatic rings. The molecule has 229 valence electrons. The van der Waals surface area contributed by atoms with Crippen molar-refractivity contribution in [2.45, 2.75) is 66.2 Å². The molecule has 0 spiro atoms. The third-order valence-electron chi connectivity index (χ3n) is 7.36. The van der Waals surface area contributed by atoms with E-state index in [0.717, 1.165) is 33.2 Å². The van der Waals surface area contributed by atoms with Gasteiger partial charge in [0.2, 0.25) is 0 Å². The minimum absolute atomic E-state index is 0. The van der Waals surface area contributed by atoms with Crippen LogP contribution in [0, 0.1) is 6.07 Å². The summed E-state index contributed by atoms with van der Waals surface area (Å²) in [5, 5.41) is 11.8. The molecule has 0 saturated carbocycles. The number of benzene rings is 3. The minimum Gasteiger partial charge on any atom is -0.512 e. The molecule has 3 aromatic carbocycles. The van der Waals surface area contributed by atoms with E-state index in [9.17, 15) is 4.79 Å². The molecule has 0 atom stereocenters. The molecule has 0 bridgehead atoms. The Morgan fingerprint density at radius 1 is 0.909 bits per heavy atom. The van der Waals surface area contributed by atoms with Gasteiger partial charge in [0.05, 0.1) is 16.0 Å². The number of fused-ring (bicyclic) bond motifs is 4. The van der Waals surface area contributed by atoms with Gasteiger partial charge in [0.1, 0.15) is 5.58 Å². The summed E-state index contributed by atoms with van der Waals surface area (Å²) in [6.45, 7) is 16.6. The standard InChI is InChI=1S/C33H30NOS.C5H8O2.Ir/c1-32(2,3)22-14-20(15-23(18-22)33(4,5)6)29-17-21-16-27(34-19-30(21)36-29)26-12-9-11-25-24-10-7-8-13-28(24)35-31(25)26;1-4(6)3-5(2)7;/h7-11,13-19H,1-6H3;3,6H,1-2H3;/q-1;;/b;4-3-;. The second-order valence-electron chi connectivity index (χ2n) is 13.1. The number of allylic oxidation sites excluding steroid dienone is 2. The summed E-state index contributed by atoms with van der Waals surface area (Å²) in [6.07, 6.45) is 3.16. The SMILES string of the molecule is CC(=O)/C=C(/C)O.CC(C)(C)c1cc(-c2cc3cc(-c4[c-]ccc5c4oc4ccccc45)ncc3s2)cc(C(C)(C)C)c1.[Ir]. The molecule has 0 unspecified atom stereocenters. The molecule has 3 aromatic heterocycles. The number of aliphatic hydroxyl groups excluding tert-OH is 1. The zero-order valence-corrected chi connectivity index (χ0v) is 29.7. The summed E-state index contributed by atoms with van der Waals surface area (Å²) in [5.74, 6) is -0.0625. The molecule has 0 aliphatic carbocycles. The molecule has 1 radical (unpaired) electrons. The Morgan fingerprint density at radius 3 is 2.16 bits per heavy atom. The van der Waals surface area contributed by atoms with Crippen LogP contribution < -0.4 is 0 Å². The molecular formula is C38H38IrNO3S-. The second-order valence-corrected chi connectivity index (χ2v) is 14.2. The maximum absolute atomic E-state index is 10.0. The summed E-state index contributed by atoms with van der Waals surface area (Å²) >= 11 is 1.80. The van der Waals surface area contributed by atoms with Gasteiger partial charge in [0.25, 0.3) is 0 Å². The van der Waals surface area contributed by atoms with Crippen molar-refractivity contribution < 1.29 is 34.4 Å². The van der Waals surface area contributed by atoms with Crippen LogP contribution in [0.4, 0.5) is 0 Å². The van der Waals surface area contributed by atoms with Crippen LogP contribution in [-0.2, 0) is 35.7 Å². The van der Waals surface area contributed by atoms with Gasteiger partial charge in [-0.2, -0.15) is 0 Å². The quantitative estimate of drug-likeness (QED) is 0.110. The van der Waals surface area contributed by atoms with Crippen LogP contribution in [0.1, 0.15) is 66.5 Å². The molecule has 0 aliphatic heterocycles. The van der Waals surface area contributed by atoms with Crippen molar-refractivity contribution in [3.05, 3.63) is 102 Å². The number of carbonyl (C=O) groups is 1. The van der Waals surface area contributed by atoms with Gasteiger partial charge < -0.3 is 14.5 Å². The number of nitrogens with zero attached hydrogens (tertiary/aromatic N) is 1. The van der Waals surface area contributed by atoms with Gasteiger partial charge in [-0.3, -0.25) is 4.79 Å². The Hall–Kier alpha value is -3.57. The normalized spacial score (nSPS) is 12.2. The van der Waals surface area contributed by atoms with Gasteiger partial charge in [-0.15, -0.1) is 29.5 Å². The van der Waals surface area contributed by atoms with Crippen molar-refractivity contribution >= 4 is 49.1 Å². The fourth-order valence-electron chi connectivity index (χ4n) is 5.04. The Balaban J connectivity index is 0.000000497. The van der Waals surface area contributed by atoms with E-state index in [1.54, 1.807) is 11.3 Å². The van der Waals surface area contributed by atoms with E-state index in [-0.39, 0.29) is 42.5 Å². The van der Waals surface area contributed by atoms with Crippen LogP contribution in [0.15, 0.2) is 89.2 Å². The fraction of sp³-hybridized carbons (Fsp3) is 0.263. The van der Waals surface area contributed by atoms with Gasteiger partial charge in [0, 0.05) is 42.6 Å². The summed E-state index contributed by atoms with van der Waals surface area (Å²) < 4.78 is 7.43. The van der Waals surface area contributed by atoms with E-state index in [4.69, 9.17) is 14.5 Å². The number of rotatable bonds is 3. The number of carbonyl (C=O) groups excluding carboxylic acids is 1. The second kappa shape index (κ2) is 12.8. The molecule has 3 heterocycles. The number of pyridine rings is 1. The Bertz CT molecular complexity index is 1960. The average Bonchev–Trinajstić information content (AvgIpc) is 3.52. The van der Waals surface area contributed by atoms with Crippen LogP contribution in [0.25, 0.3) is 53.7 Å². The first-order valence-electron chi connectivity index (χ1n) is 14.5. The van der Waals surface area contributed by atoms with E-state index >= 15 is 0 Å². The molecule has 1 N–H and O–H groups in total. The number of hydrogen-bond acceptors (Lipinski definition) is 5. The molecule has 0 saturated heterocycles. The first kappa shape index (κ1) is 33.3. The third-order valence-corrected chi connectivity index (χ3v) is 8.50. The van der Waals surface area contributed by atoms with Crippen LogP contribution >= 0.6 is 11.3 Å². The van der Waals surface area contributed by atoms with Crippen molar-refractivity contribution in [2.75, 3.05) is 0 Å². The predicted molar refractivity (Wildman–Crippen MR) is 181 cm³/mol. The van der Waals surface area contributed by atoms with Gasteiger partial charge in [-0.25, -0.2) is 0 Å². The molecule has 6 rings (SSSR count). The zero-order valence-electron chi connectivity index (χ0n) is 26.5. The van der Waals surface area contributed by atoms with Crippen LogP contribution in [0.2, 0.25) is 0 Å². The molecule has 6 heteroatoms. The summed E-state index contributed by atoms with van der Waals surface area (Å²) in [4.78, 5) is 16.1. The van der Waals surface area contributed by atoms with Gasteiger partial charge >= 0.3 is 0 Å². The van der Waals surface area contributed by atoms with Crippen molar-refractivity contribution in [1.29, 1.82) is 0 Å². The van der Waals surface area contributed by atoms with E-state index in [2.05, 4.69) is 90.1 Å². The first-order valence-corrected chi connectivity index (χ1v) is 15.3. The average molecular weight is 781 g/mol. The van der Waals surface area contributed by atoms with E-state index in [0.29, 0.717) is 0 Å². The number of ketones is 1. The molecule has 44 heavy (non-hydrogen) atoms. The topological polar surface area (TPSA) is 63.3 Å². The number of para-hydroxylation sites is 1. The summed E-state index contributed by atoms with van der Waals surface area (Å²) in [6, 6.07) is 27.2. The van der Waals surface area contributed by atoms with E-state index in [1.807, 2.05) is 30.5 Å². The minimum atomic E-state index is -0.125. The maximum Gasteiger partial charge on any atom is 0.155 e. The molecule has 0 amide bonds. The largest absolute Gasteiger partial charge is 0.512 e. The van der Waals surface area contributed by atoms with Crippen molar-refractivity contribution in [3.8, 4) is 21.7 Å². The van der Waals surface area contributed by atoms with Crippen molar-refractivity contribution in [3.63, 3.8) is 0 Å². The Morgan fingerprint density at radius 2 is 1.57 bits per heavy atom. The number of aromatic nitrogens is 1. The van der Waals surface area contributed by atoms with Crippen molar-refractivity contribution in [1.82, 2.24) is 4.98 Å². The molecular weight excluding hydrogens is 743 g/mol. The zero-order chi connectivity index (χ0) is 31.1. The smallest absolute Gasteiger partial charge is 0.155 e. The third kappa shape index (κ3) is 7.21. The number of furan rings is 1. The maximum atomic E-state index is 10.0. The first-order chi connectivity index (χ1) is 20.2. The fourth-order valence-corrected chi connectivity index (χ4v) is 6.03. The van der Waals surface area contributed by atoms with E-state index in [1.165, 1.54) is 51.6 Å². The van der Waals surface area contributed by atoms with Gasteiger partial charge in [0.15, 0.2) is 5.78 Å². The van der Waals surface area contributed by atoms with Crippen LogP contribution in [0.3, 0.4) is 0 Å². The number of hydrogen-bond donors (Lipinski definition) is 1. The van der Waals surface area contributed by atoms with Gasteiger partial charge in [-0.1, -0.05) is 82.8 Å². The Labute approximate surface area is 277 Å². The van der Waals surface area contributed by atoms with Gasteiger partial charge in [-0.05, 0) is 76.7 Å². The van der Waals surface area contributed by atoms with Crippen LogP contribution in [-0.4, -0.2) is 15.9 Å². The summed E-state index contributed by atoms with van der Waals surface area (Å²) in [5.41, 5.74) is 7.71. The molecule has 4 nitrogen and oxygen atoms in total.